The van der Waals surface area contributed by atoms with Gasteiger partial charge >= 0.3 is 0 Å². The second-order valence-electron chi connectivity index (χ2n) is 4.00. The van der Waals surface area contributed by atoms with Gasteiger partial charge in [0.25, 0.3) is 0 Å². The lowest BCUT2D eigenvalue weighted by atomic mass is 10.1. The van der Waals surface area contributed by atoms with Crippen LogP contribution in [0.25, 0.3) is 0 Å². The van der Waals surface area contributed by atoms with Crippen LogP contribution in [0.5, 0.6) is 17.2 Å². The van der Waals surface area contributed by atoms with E-state index in [9.17, 15) is 4.79 Å². The van der Waals surface area contributed by atoms with Crippen LogP contribution in [0.3, 0.4) is 0 Å². The van der Waals surface area contributed by atoms with Crippen molar-refractivity contribution in [2.24, 2.45) is 0 Å². The fourth-order valence-electron chi connectivity index (χ4n) is 1.57. The number of amides is 1. The summed E-state index contributed by atoms with van der Waals surface area (Å²) < 4.78 is 15.7. The molecular weight excluding hydrogens is 246 g/mol. The lowest BCUT2D eigenvalue weighted by Gasteiger charge is -2.14. The molecule has 5 nitrogen and oxygen atoms in total. The zero-order valence-corrected chi connectivity index (χ0v) is 11.7. The number of ether oxygens (including phenoxy) is 3. The molecule has 5 heteroatoms. The first-order valence-corrected chi connectivity index (χ1v) is 5.76. The number of rotatable bonds is 6. The predicted octanol–water partition coefficient (Wildman–Crippen LogP) is 1.90. The highest BCUT2D eigenvalue weighted by Crippen LogP contribution is 2.38. The lowest BCUT2D eigenvalue weighted by molar-refractivity contribution is -0.117. The summed E-state index contributed by atoms with van der Waals surface area (Å²) in [5.74, 6) is 1.46. The Balaban J connectivity index is 2.96. The highest BCUT2D eigenvalue weighted by molar-refractivity contribution is 5.92. The average molecular weight is 265 g/mol. The minimum Gasteiger partial charge on any atom is -0.493 e. The van der Waals surface area contributed by atoms with Gasteiger partial charge in [-0.05, 0) is 24.6 Å². The third-order valence-corrected chi connectivity index (χ3v) is 2.57. The summed E-state index contributed by atoms with van der Waals surface area (Å²) in [6, 6.07) is 3.58. The lowest BCUT2D eigenvalue weighted by Crippen LogP contribution is -2.23. The van der Waals surface area contributed by atoms with Gasteiger partial charge in [-0.15, -0.1) is 0 Å². The Labute approximate surface area is 113 Å². The smallest absolute Gasteiger partial charge is 0.246 e. The van der Waals surface area contributed by atoms with Crippen LogP contribution < -0.4 is 19.5 Å². The first-order valence-electron chi connectivity index (χ1n) is 5.76. The van der Waals surface area contributed by atoms with E-state index < -0.39 is 0 Å². The van der Waals surface area contributed by atoms with Gasteiger partial charge in [-0.1, -0.05) is 6.58 Å². The van der Waals surface area contributed by atoms with Gasteiger partial charge in [-0.25, -0.2) is 0 Å². The molecule has 0 aliphatic rings. The number of nitrogens with one attached hydrogen (secondary N) is 1. The van der Waals surface area contributed by atoms with Crippen LogP contribution in [0.4, 0.5) is 0 Å². The number of methoxy groups -OCH3 is 3. The van der Waals surface area contributed by atoms with E-state index in [1.165, 1.54) is 0 Å². The average Bonchev–Trinajstić information content (AvgIpc) is 2.42. The summed E-state index contributed by atoms with van der Waals surface area (Å²) >= 11 is 0. The maximum atomic E-state index is 11.5. The monoisotopic (exact) mass is 265 g/mol. The van der Waals surface area contributed by atoms with E-state index in [4.69, 9.17) is 14.2 Å². The molecule has 0 atom stereocenters. The Kier molecular flexibility index (Phi) is 5.23. The third-order valence-electron chi connectivity index (χ3n) is 2.57. The molecule has 0 aliphatic heterocycles. The topological polar surface area (TPSA) is 56.8 Å². The van der Waals surface area contributed by atoms with Gasteiger partial charge in [0.15, 0.2) is 11.5 Å². The SMILES string of the molecule is C=C(C)C(=O)NCc1cc(OC)c(OC)c(OC)c1. The van der Waals surface area contributed by atoms with Crippen molar-refractivity contribution in [2.75, 3.05) is 21.3 Å². The maximum absolute atomic E-state index is 11.5. The first kappa shape index (κ1) is 14.9. The van der Waals surface area contributed by atoms with Gasteiger partial charge in [0.2, 0.25) is 11.7 Å². The third kappa shape index (κ3) is 3.64. The Hall–Kier alpha value is -2.17. The van der Waals surface area contributed by atoms with Gasteiger partial charge in [-0.3, -0.25) is 4.79 Å². The minimum atomic E-state index is -0.186. The highest BCUT2D eigenvalue weighted by atomic mass is 16.5. The van der Waals surface area contributed by atoms with Gasteiger partial charge < -0.3 is 19.5 Å². The second-order valence-corrected chi connectivity index (χ2v) is 4.00. The Bertz CT molecular complexity index is 457. The molecular formula is C14H19NO4. The fourth-order valence-corrected chi connectivity index (χ4v) is 1.57. The minimum absolute atomic E-state index is 0.186. The van der Waals surface area contributed by atoms with E-state index in [0.717, 1.165) is 5.56 Å². The molecule has 0 radical (unpaired) electrons. The first-order chi connectivity index (χ1) is 9.03. The molecule has 0 aliphatic carbocycles. The summed E-state index contributed by atoms with van der Waals surface area (Å²) in [7, 11) is 4.64. The largest absolute Gasteiger partial charge is 0.493 e. The molecule has 104 valence electrons. The van der Waals surface area contributed by atoms with Crippen molar-refractivity contribution in [3.8, 4) is 17.2 Å². The van der Waals surface area contributed by atoms with Crippen LogP contribution in [-0.4, -0.2) is 27.2 Å². The summed E-state index contributed by atoms with van der Waals surface area (Å²) in [6.07, 6.45) is 0. The molecule has 1 rings (SSSR count). The van der Waals surface area contributed by atoms with Crippen LogP contribution in [-0.2, 0) is 11.3 Å². The number of hydrogen-bond acceptors (Lipinski definition) is 4. The summed E-state index contributed by atoms with van der Waals surface area (Å²) in [6.45, 7) is 5.60. The Morgan fingerprint density at radius 2 is 1.68 bits per heavy atom. The predicted molar refractivity (Wildman–Crippen MR) is 72.8 cm³/mol. The van der Waals surface area contributed by atoms with Crippen LogP contribution in [0, 0.1) is 0 Å². The number of carbonyl (C=O) groups excluding carboxylic acids is 1. The van der Waals surface area contributed by atoms with Crippen LogP contribution in [0.15, 0.2) is 24.3 Å². The van der Waals surface area contributed by atoms with Crippen molar-refractivity contribution in [3.05, 3.63) is 29.8 Å². The van der Waals surface area contributed by atoms with Crippen LogP contribution in [0.2, 0.25) is 0 Å². The van der Waals surface area contributed by atoms with E-state index in [0.29, 0.717) is 29.4 Å². The van der Waals surface area contributed by atoms with Crippen LogP contribution in [0.1, 0.15) is 12.5 Å². The molecule has 1 amide bonds. The van der Waals surface area contributed by atoms with Crippen LogP contribution >= 0.6 is 0 Å². The van der Waals surface area contributed by atoms with Gasteiger partial charge in [-0.2, -0.15) is 0 Å². The van der Waals surface area contributed by atoms with Gasteiger partial charge in [0.1, 0.15) is 0 Å². The zero-order valence-electron chi connectivity index (χ0n) is 11.7. The molecule has 0 bridgehead atoms. The number of hydrogen-bond donors (Lipinski definition) is 1. The molecule has 1 aromatic rings. The molecule has 19 heavy (non-hydrogen) atoms. The maximum Gasteiger partial charge on any atom is 0.246 e. The fraction of sp³-hybridized carbons (Fsp3) is 0.357. The molecule has 0 saturated carbocycles. The number of benzene rings is 1. The van der Waals surface area contributed by atoms with E-state index in [2.05, 4.69) is 11.9 Å². The molecule has 0 aromatic heterocycles. The van der Waals surface area contributed by atoms with E-state index in [-0.39, 0.29) is 5.91 Å². The van der Waals surface area contributed by atoms with E-state index in [1.807, 2.05) is 0 Å². The normalized spacial score (nSPS) is 9.68. The van der Waals surface area contributed by atoms with Gasteiger partial charge in [0.05, 0.1) is 21.3 Å². The van der Waals surface area contributed by atoms with Gasteiger partial charge in [0, 0.05) is 12.1 Å². The molecule has 1 N–H and O–H groups in total. The molecule has 0 fully saturated rings. The zero-order chi connectivity index (χ0) is 14.4. The molecule has 0 heterocycles. The van der Waals surface area contributed by atoms with E-state index >= 15 is 0 Å². The van der Waals surface area contributed by atoms with Crippen molar-refractivity contribution >= 4 is 5.91 Å². The molecule has 0 spiro atoms. The Morgan fingerprint density at radius 3 is 2.05 bits per heavy atom. The summed E-state index contributed by atoms with van der Waals surface area (Å²) in [5, 5.41) is 2.75. The van der Waals surface area contributed by atoms with E-state index in [1.54, 1.807) is 40.4 Å². The molecule has 0 saturated heterocycles. The Morgan fingerprint density at radius 1 is 1.16 bits per heavy atom. The second kappa shape index (κ2) is 6.68. The van der Waals surface area contributed by atoms with Crippen molar-refractivity contribution in [1.82, 2.24) is 5.32 Å². The van der Waals surface area contributed by atoms with Crippen molar-refractivity contribution in [1.29, 1.82) is 0 Å². The number of carbonyl (C=O) groups is 1. The molecule has 0 unspecified atom stereocenters. The van der Waals surface area contributed by atoms with Crippen molar-refractivity contribution < 1.29 is 19.0 Å². The van der Waals surface area contributed by atoms with Crippen molar-refractivity contribution in [2.45, 2.75) is 13.5 Å². The summed E-state index contributed by atoms with van der Waals surface area (Å²) in [5.41, 5.74) is 1.32. The quantitative estimate of drug-likeness (QED) is 0.798. The van der Waals surface area contributed by atoms with Crippen molar-refractivity contribution in [3.63, 3.8) is 0 Å². The highest BCUT2D eigenvalue weighted by Gasteiger charge is 2.13. The summed E-state index contributed by atoms with van der Waals surface area (Å²) in [4.78, 5) is 11.5. The standard InChI is InChI=1S/C14H19NO4/c1-9(2)14(16)15-8-10-6-11(17-3)13(19-5)12(7-10)18-4/h6-7H,1,8H2,2-5H3,(H,15,16). The molecule has 1 aromatic carbocycles.